The average molecular weight is 270 g/mol. The molecule has 0 saturated carbocycles. The van der Waals surface area contributed by atoms with Crippen LogP contribution in [0.15, 0.2) is 18.3 Å². The highest BCUT2D eigenvalue weighted by atomic mass is 35.5. The van der Waals surface area contributed by atoms with Crippen LogP contribution >= 0.6 is 36.4 Å². The third kappa shape index (κ3) is 4.15. The Bertz CT molecular complexity index is 271. The van der Waals surface area contributed by atoms with Crippen molar-refractivity contribution in [2.75, 3.05) is 6.54 Å². The number of halogens is 3. The Morgan fingerprint density at radius 2 is 2.07 bits per heavy atom. The van der Waals surface area contributed by atoms with Crippen molar-refractivity contribution in [3.63, 3.8) is 0 Å². The Labute approximate surface area is 108 Å². The first kappa shape index (κ1) is 15.0. The third-order valence-electron chi connectivity index (χ3n) is 2.46. The summed E-state index contributed by atoms with van der Waals surface area (Å²) in [6, 6.07) is 4.39. The van der Waals surface area contributed by atoms with Crippen LogP contribution in [0, 0.1) is 0 Å². The molecule has 1 aromatic heterocycles. The second-order valence-electron chi connectivity index (χ2n) is 3.42. The predicted octanol–water partition coefficient (Wildman–Crippen LogP) is 3.39. The van der Waals surface area contributed by atoms with E-state index in [1.807, 2.05) is 12.3 Å². The van der Waals surface area contributed by atoms with Gasteiger partial charge in [0, 0.05) is 12.2 Å². The molecule has 2 rings (SSSR count). The molecule has 5 heteroatoms. The zero-order chi connectivity index (χ0) is 9.10. The fourth-order valence-corrected chi connectivity index (χ4v) is 1.84. The van der Waals surface area contributed by atoms with E-state index in [1.54, 1.807) is 0 Å². The smallest absolute Gasteiger partial charge is 0.129 e. The summed E-state index contributed by atoms with van der Waals surface area (Å²) < 4.78 is 0. The first-order chi connectivity index (χ1) is 6.36. The molecule has 0 aromatic carbocycles. The summed E-state index contributed by atoms with van der Waals surface area (Å²) in [6.07, 6.45) is 5.67. The number of rotatable bonds is 1. The van der Waals surface area contributed by atoms with E-state index >= 15 is 0 Å². The van der Waals surface area contributed by atoms with Crippen molar-refractivity contribution >= 4 is 36.4 Å². The molecule has 1 atom stereocenters. The molecule has 1 aliphatic rings. The standard InChI is InChI=1S/C10H13ClN2.2ClH/c11-10-5-4-8(7-13-10)9-3-1-2-6-12-9;;/h4-5,7,9,12H,1-3,6H2;2*1H/t9-;;/m0../s1. The van der Waals surface area contributed by atoms with Gasteiger partial charge in [-0.2, -0.15) is 0 Å². The van der Waals surface area contributed by atoms with E-state index in [2.05, 4.69) is 16.4 Å². The zero-order valence-corrected chi connectivity index (χ0v) is 10.7. The number of pyridine rings is 1. The van der Waals surface area contributed by atoms with E-state index in [0.29, 0.717) is 11.2 Å². The van der Waals surface area contributed by atoms with Gasteiger partial charge in [0.25, 0.3) is 0 Å². The molecule has 1 saturated heterocycles. The molecule has 0 unspecified atom stereocenters. The molecule has 1 N–H and O–H groups in total. The molecule has 2 nitrogen and oxygen atoms in total. The molecule has 0 amide bonds. The van der Waals surface area contributed by atoms with Crippen LogP contribution in [0.4, 0.5) is 0 Å². The number of hydrogen-bond donors (Lipinski definition) is 1. The molecule has 0 aliphatic carbocycles. The topological polar surface area (TPSA) is 24.9 Å². The molecule has 1 aliphatic heterocycles. The fraction of sp³-hybridized carbons (Fsp3) is 0.500. The van der Waals surface area contributed by atoms with E-state index in [0.717, 1.165) is 6.54 Å². The van der Waals surface area contributed by atoms with Crippen molar-refractivity contribution in [2.45, 2.75) is 25.3 Å². The Morgan fingerprint density at radius 1 is 1.27 bits per heavy atom. The van der Waals surface area contributed by atoms with E-state index in [-0.39, 0.29) is 24.8 Å². The molecule has 1 fully saturated rings. The molecule has 1 aromatic rings. The Hall–Kier alpha value is -0.0200. The van der Waals surface area contributed by atoms with E-state index in [9.17, 15) is 0 Å². The van der Waals surface area contributed by atoms with Crippen LogP contribution in [-0.4, -0.2) is 11.5 Å². The minimum Gasteiger partial charge on any atom is -0.310 e. The lowest BCUT2D eigenvalue weighted by Gasteiger charge is -2.23. The number of piperidine rings is 1. The summed E-state index contributed by atoms with van der Waals surface area (Å²) in [5, 5.41) is 4.04. The summed E-state index contributed by atoms with van der Waals surface area (Å²) in [6.45, 7) is 1.12. The molecule has 15 heavy (non-hydrogen) atoms. The van der Waals surface area contributed by atoms with Gasteiger partial charge in [-0.15, -0.1) is 24.8 Å². The Morgan fingerprint density at radius 3 is 2.60 bits per heavy atom. The average Bonchev–Trinajstić information content (AvgIpc) is 2.20. The van der Waals surface area contributed by atoms with Gasteiger partial charge in [0.05, 0.1) is 0 Å². The predicted molar refractivity (Wildman–Crippen MR) is 68.3 cm³/mol. The lowest BCUT2D eigenvalue weighted by molar-refractivity contribution is 0.411. The van der Waals surface area contributed by atoms with Gasteiger partial charge in [-0.3, -0.25) is 0 Å². The van der Waals surface area contributed by atoms with Gasteiger partial charge >= 0.3 is 0 Å². The monoisotopic (exact) mass is 268 g/mol. The van der Waals surface area contributed by atoms with Crippen molar-refractivity contribution in [1.82, 2.24) is 10.3 Å². The number of aromatic nitrogens is 1. The minimum atomic E-state index is 0. The maximum Gasteiger partial charge on any atom is 0.129 e. The molecule has 0 spiro atoms. The largest absolute Gasteiger partial charge is 0.310 e. The van der Waals surface area contributed by atoms with Crippen molar-refractivity contribution in [3.8, 4) is 0 Å². The van der Waals surface area contributed by atoms with Crippen LogP contribution in [0.25, 0.3) is 0 Å². The minimum absolute atomic E-state index is 0. The highest BCUT2D eigenvalue weighted by Gasteiger charge is 2.14. The van der Waals surface area contributed by atoms with Crippen LogP contribution in [-0.2, 0) is 0 Å². The summed E-state index contributed by atoms with van der Waals surface area (Å²) in [5.41, 5.74) is 1.25. The SMILES string of the molecule is Cl.Cl.Clc1ccc([C@@H]2CCCCN2)cn1. The Balaban J connectivity index is 0.000000980. The third-order valence-corrected chi connectivity index (χ3v) is 2.69. The number of nitrogens with one attached hydrogen (secondary N) is 1. The van der Waals surface area contributed by atoms with Gasteiger partial charge in [0.1, 0.15) is 5.15 Å². The molecular weight excluding hydrogens is 254 g/mol. The summed E-state index contributed by atoms with van der Waals surface area (Å²) in [5.74, 6) is 0. The maximum absolute atomic E-state index is 5.72. The summed E-state index contributed by atoms with van der Waals surface area (Å²) in [4.78, 5) is 4.08. The van der Waals surface area contributed by atoms with Crippen molar-refractivity contribution in [2.24, 2.45) is 0 Å². The Kier molecular flexibility index (Phi) is 7.28. The highest BCUT2D eigenvalue weighted by Crippen LogP contribution is 2.22. The van der Waals surface area contributed by atoms with Crippen LogP contribution in [0.3, 0.4) is 0 Å². The van der Waals surface area contributed by atoms with Gasteiger partial charge in [-0.25, -0.2) is 4.98 Å². The summed E-state index contributed by atoms with van der Waals surface area (Å²) in [7, 11) is 0. The molecule has 0 radical (unpaired) electrons. The lowest BCUT2D eigenvalue weighted by atomic mass is 9.99. The summed E-state index contributed by atoms with van der Waals surface area (Å²) >= 11 is 5.72. The first-order valence-corrected chi connectivity index (χ1v) is 5.09. The molecular formula is C10H15Cl3N2. The molecule has 0 bridgehead atoms. The van der Waals surface area contributed by atoms with Gasteiger partial charge in [0.15, 0.2) is 0 Å². The van der Waals surface area contributed by atoms with E-state index < -0.39 is 0 Å². The van der Waals surface area contributed by atoms with Crippen molar-refractivity contribution < 1.29 is 0 Å². The van der Waals surface area contributed by atoms with Gasteiger partial charge in [0.2, 0.25) is 0 Å². The highest BCUT2D eigenvalue weighted by molar-refractivity contribution is 6.29. The second-order valence-corrected chi connectivity index (χ2v) is 3.80. The lowest BCUT2D eigenvalue weighted by Crippen LogP contribution is -2.26. The number of hydrogen-bond acceptors (Lipinski definition) is 2. The maximum atomic E-state index is 5.72. The van der Waals surface area contributed by atoms with Crippen molar-refractivity contribution in [1.29, 1.82) is 0 Å². The zero-order valence-electron chi connectivity index (χ0n) is 8.28. The number of nitrogens with zero attached hydrogens (tertiary/aromatic N) is 1. The van der Waals surface area contributed by atoms with Crippen LogP contribution in [0.5, 0.6) is 0 Å². The second kappa shape index (κ2) is 7.29. The van der Waals surface area contributed by atoms with Gasteiger partial charge in [-0.05, 0) is 31.0 Å². The quantitative estimate of drug-likeness (QED) is 0.791. The van der Waals surface area contributed by atoms with Gasteiger partial charge in [-0.1, -0.05) is 24.1 Å². The van der Waals surface area contributed by atoms with E-state index in [1.165, 1.54) is 24.8 Å². The molecule has 86 valence electrons. The normalized spacial score (nSPS) is 19.9. The van der Waals surface area contributed by atoms with Gasteiger partial charge < -0.3 is 5.32 Å². The molecule has 2 heterocycles. The van der Waals surface area contributed by atoms with Crippen LogP contribution in [0.2, 0.25) is 5.15 Å². The van der Waals surface area contributed by atoms with E-state index in [4.69, 9.17) is 11.6 Å². The van der Waals surface area contributed by atoms with Crippen LogP contribution < -0.4 is 5.32 Å². The fourth-order valence-electron chi connectivity index (χ4n) is 1.73. The first-order valence-electron chi connectivity index (χ1n) is 4.71. The van der Waals surface area contributed by atoms with Crippen LogP contribution in [0.1, 0.15) is 30.9 Å². The van der Waals surface area contributed by atoms with Crippen molar-refractivity contribution in [3.05, 3.63) is 29.0 Å².